The second kappa shape index (κ2) is 7.37. The summed E-state index contributed by atoms with van der Waals surface area (Å²) in [5.74, 6) is 1.20. The summed E-state index contributed by atoms with van der Waals surface area (Å²) in [7, 11) is 3.12. The third-order valence-corrected chi connectivity index (χ3v) is 3.85. The summed E-state index contributed by atoms with van der Waals surface area (Å²) >= 11 is 3.44. The van der Waals surface area contributed by atoms with E-state index in [4.69, 9.17) is 9.47 Å². The first-order valence-corrected chi connectivity index (χ1v) is 7.80. The number of methoxy groups -OCH3 is 2. The molecule has 0 heterocycles. The molecule has 0 aliphatic carbocycles. The zero-order valence-electron chi connectivity index (χ0n) is 13.5. The van der Waals surface area contributed by atoms with Gasteiger partial charge < -0.3 is 20.1 Å². The topological polar surface area (TPSA) is 59.6 Å². The number of hydrogen-bond donors (Lipinski definition) is 2. The Labute approximate surface area is 144 Å². The standard InChI is InChI=1S/C17H19BrN2O3/c1-10-7-12(18)8-11(2)16(10)20-17(21)19-14-9-13(22-3)5-6-15(14)23-4/h5-9H,1-4H3,(H2,19,20,21). The van der Waals surface area contributed by atoms with Crippen LogP contribution in [0.5, 0.6) is 11.5 Å². The SMILES string of the molecule is COc1ccc(OC)c(NC(=O)Nc2c(C)cc(Br)cc2C)c1. The molecule has 0 aliphatic rings. The Morgan fingerprint density at radius 1 is 1.00 bits per heavy atom. The summed E-state index contributed by atoms with van der Waals surface area (Å²) < 4.78 is 11.4. The van der Waals surface area contributed by atoms with E-state index in [2.05, 4.69) is 26.6 Å². The Hall–Kier alpha value is -2.21. The minimum absolute atomic E-state index is 0.343. The number of ether oxygens (including phenoxy) is 2. The number of amides is 2. The van der Waals surface area contributed by atoms with Gasteiger partial charge in [-0.2, -0.15) is 0 Å². The van der Waals surface area contributed by atoms with E-state index in [1.54, 1.807) is 32.4 Å². The lowest BCUT2D eigenvalue weighted by Crippen LogP contribution is -2.21. The maximum atomic E-state index is 12.3. The van der Waals surface area contributed by atoms with Crippen molar-refractivity contribution in [1.82, 2.24) is 0 Å². The molecule has 0 aliphatic heterocycles. The Bertz CT molecular complexity index is 709. The molecular weight excluding hydrogens is 360 g/mol. The van der Waals surface area contributed by atoms with Crippen LogP contribution in [0.1, 0.15) is 11.1 Å². The molecule has 2 N–H and O–H groups in total. The quantitative estimate of drug-likeness (QED) is 0.808. The maximum Gasteiger partial charge on any atom is 0.323 e. The molecular formula is C17H19BrN2O3. The smallest absolute Gasteiger partial charge is 0.323 e. The molecule has 2 rings (SSSR count). The van der Waals surface area contributed by atoms with E-state index < -0.39 is 0 Å². The van der Waals surface area contributed by atoms with E-state index in [0.29, 0.717) is 17.2 Å². The summed E-state index contributed by atoms with van der Waals surface area (Å²) in [4.78, 5) is 12.3. The second-order valence-corrected chi connectivity index (χ2v) is 5.98. The number of urea groups is 1. The fourth-order valence-corrected chi connectivity index (χ4v) is 2.97. The highest BCUT2D eigenvalue weighted by atomic mass is 79.9. The largest absolute Gasteiger partial charge is 0.497 e. The Morgan fingerprint density at radius 3 is 2.22 bits per heavy atom. The number of hydrogen-bond acceptors (Lipinski definition) is 3. The lowest BCUT2D eigenvalue weighted by atomic mass is 10.1. The van der Waals surface area contributed by atoms with Gasteiger partial charge in [0.2, 0.25) is 0 Å². The second-order valence-electron chi connectivity index (χ2n) is 5.06. The van der Waals surface area contributed by atoms with E-state index >= 15 is 0 Å². The molecule has 0 unspecified atom stereocenters. The van der Waals surface area contributed by atoms with E-state index in [1.165, 1.54) is 0 Å². The minimum atomic E-state index is -0.343. The number of benzene rings is 2. The number of rotatable bonds is 4. The zero-order chi connectivity index (χ0) is 17.0. The van der Waals surface area contributed by atoms with Gasteiger partial charge in [-0.3, -0.25) is 0 Å². The van der Waals surface area contributed by atoms with Crippen molar-refractivity contribution in [2.24, 2.45) is 0 Å². The summed E-state index contributed by atoms with van der Waals surface area (Å²) in [5.41, 5.74) is 3.28. The van der Waals surface area contributed by atoms with E-state index in [1.807, 2.05) is 26.0 Å². The van der Waals surface area contributed by atoms with Crippen LogP contribution in [-0.4, -0.2) is 20.3 Å². The monoisotopic (exact) mass is 378 g/mol. The van der Waals surface area contributed by atoms with Crippen LogP contribution in [0.3, 0.4) is 0 Å². The molecule has 0 radical (unpaired) electrons. The fourth-order valence-electron chi connectivity index (χ4n) is 2.29. The fraction of sp³-hybridized carbons (Fsp3) is 0.235. The van der Waals surface area contributed by atoms with Gasteiger partial charge >= 0.3 is 6.03 Å². The van der Waals surface area contributed by atoms with E-state index in [-0.39, 0.29) is 6.03 Å². The van der Waals surface area contributed by atoms with Crippen molar-refractivity contribution in [2.75, 3.05) is 24.9 Å². The van der Waals surface area contributed by atoms with Crippen molar-refractivity contribution < 1.29 is 14.3 Å². The van der Waals surface area contributed by atoms with Crippen LogP contribution in [0.25, 0.3) is 0 Å². The predicted molar refractivity (Wildman–Crippen MR) is 95.8 cm³/mol. The van der Waals surface area contributed by atoms with Crippen LogP contribution in [0.4, 0.5) is 16.2 Å². The van der Waals surface area contributed by atoms with E-state index in [0.717, 1.165) is 21.3 Å². The Morgan fingerprint density at radius 2 is 1.65 bits per heavy atom. The van der Waals surface area contributed by atoms with Crippen LogP contribution in [0, 0.1) is 13.8 Å². The molecule has 0 atom stereocenters. The molecule has 0 saturated heterocycles. The molecule has 122 valence electrons. The first-order chi connectivity index (χ1) is 10.9. The maximum absolute atomic E-state index is 12.3. The summed E-state index contributed by atoms with van der Waals surface area (Å²) in [6.07, 6.45) is 0. The van der Waals surface area contributed by atoms with Gasteiger partial charge in [0.15, 0.2) is 0 Å². The third-order valence-electron chi connectivity index (χ3n) is 3.39. The molecule has 0 spiro atoms. The van der Waals surface area contributed by atoms with Gasteiger partial charge in [-0.1, -0.05) is 15.9 Å². The predicted octanol–water partition coefficient (Wildman–Crippen LogP) is 4.73. The molecule has 6 heteroatoms. The molecule has 5 nitrogen and oxygen atoms in total. The lowest BCUT2D eigenvalue weighted by Gasteiger charge is -2.15. The molecule has 0 fully saturated rings. The van der Waals surface area contributed by atoms with Gasteiger partial charge in [0.25, 0.3) is 0 Å². The minimum Gasteiger partial charge on any atom is -0.497 e. The average Bonchev–Trinajstić information content (AvgIpc) is 2.50. The lowest BCUT2D eigenvalue weighted by molar-refractivity contribution is 0.262. The normalized spacial score (nSPS) is 10.1. The Kier molecular flexibility index (Phi) is 5.50. The zero-order valence-corrected chi connectivity index (χ0v) is 15.1. The molecule has 0 saturated carbocycles. The average molecular weight is 379 g/mol. The van der Waals surface area contributed by atoms with Crippen molar-refractivity contribution in [1.29, 1.82) is 0 Å². The van der Waals surface area contributed by atoms with Crippen LogP contribution in [-0.2, 0) is 0 Å². The van der Waals surface area contributed by atoms with E-state index in [9.17, 15) is 4.79 Å². The summed E-state index contributed by atoms with van der Waals surface area (Å²) in [6, 6.07) is 8.78. The highest BCUT2D eigenvalue weighted by molar-refractivity contribution is 9.10. The summed E-state index contributed by atoms with van der Waals surface area (Å²) in [5, 5.41) is 5.66. The van der Waals surface area contributed by atoms with Gasteiger partial charge in [0, 0.05) is 16.2 Å². The molecule has 2 amide bonds. The number of halogens is 1. The highest BCUT2D eigenvalue weighted by Crippen LogP contribution is 2.30. The first-order valence-electron chi connectivity index (χ1n) is 7.01. The van der Waals surface area contributed by atoms with Crippen molar-refractivity contribution in [2.45, 2.75) is 13.8 Å². The van der Waals surface area contributed by atoms with Gasteiger partial charge in [-0.15, -0.1) is 0 Å². The van der Waals surface area contributed by atoms with Gasteiger partial charge in [0.1, 0.15) is 11.5 Å². The van der Waals surface area contributed by atoms with Crippen molar-refractivity contribution >= 4 is 33.3 Å². The van der Waals surface area contributed by atoms with Crippen LogP contribution >= 0.6 is 15.9 Å². The number of anilines is 2. The van der Waals surface area contributed by atoms with Crippen molar-refractivity contribution in [3.8, 4) is 11.5 Å². The molecule has 2 aromatic carbocycles. The molecule has 0 bridgehead atoms. The third kappa shape index (κ3) is 4.16. The number of carbonyl (C=O) groups excluding carboxylic acids is 1. The first kappa shape index (κ1) is 17.1. The van der Waals surface area contributed by atoms with Crippen LogP contribution in [0.2, 0.25) is 0 Å². The van der Waals surface area contributed by atoms with Gasteiger partial charge in [-0.25, -0.2) is 4.79 Å². The van der Waals surface area contributed by atoms with Crippen molar-refractivity contribution in [3.05, 3.63) is 45.9 Å². The molecule has 0 aromatic heterocycles. The van der Waals surface area contributed by atoms with Crippen LogP contribution in [0.15, 0.2) is 34.8 Å². The van der Waals surface area contributed by atoms with Gasteiger partial charge in [0.05, 0.1) is 19.9 Å². The van der Waals surface area contributed by atoms with Crippen molar-refractivity contribution in [3.63, 3.8) is 0 Å². The van der Waals surface area contributed by atoms with Crippen LogP contribution < -0.4 is 20.1 Å². The molecule has 2 aromatic rings. The number of nitrogens with one attached hydrogen (secondary N) is 2. The molecule has 23 heavy (non-hydrogen) atoms. The van der Waals surface area contributed by atoms with Gasteiger partial charge in [-0.05, 0) is 49.2 Å². The number of aryl methyl sites for hydroxylation is 2. The summed E-state index contributed by atoms with van der Waals surface area (Å²) in [6.45, 7) is 3.89. The Balaban J connectivity index is 2.20. The highest BCUT2D eigenvalue weighted by Gasteiger charge is 2.12. The number of carbonyl (C=O) groups is 1.